The molecule has 30 heavy (non-hydrogen) atoms. The van der Waals surface area contributed by atoms with Gasteiger partial charge in [0.05, 0.1) is 6.04 Å². The van der Waals surface area contributed by atoms with Gasteiger partial charge in [-0.3, -0.25) is 9.78 Å². The number of benzene rings is 1. The Morgan fingerprint density at radius 3 is 2.57 bits per heavy atom. The van der Waals surface area contributed by atoms with Gasteiger partial charge in [0.1, 0.15) is 23.2 Å². The van der Waals surface area contributed by atoms with E-state index in [0.29, 0.717) is 31.3 Å². The number of pyridine rings is 1. The molecule has 0 bridgehead atoms. The molecule has 0 radical (unpaired) electrons. The van der Waals surface area contributed by atoms with Crippen molar-refractivity contribution in [2.45, 2.75) is 31.6 Å². The van der Waals surface area contributed by atoms with Crippen molar-refractivity contribution in [1.29, 1.82) is 0 Å². The van der Waals surface area contributed by atoms with Crippen LogP contribution in [0.4, 0.5) is 22.0 Å². The summed E-state index contributed by atoms with van der Waals surface area (Å²) in [6.07, 6.45) is -2.46. The van der Waals surface area contributed by atoms with E-state index in [0.717, 1.165) is 24.4 Å². The second-order valence-corrected chi connectivity index (χ2v) is 6.77. The van der Waals surface area contributed by atoms with Crippen molar-refractivity contribution >= 4 is 5.91 Å². The normalized spacial score (nSPS) is 16.2. The van der Waals surface area contributed by atoms with E-state index in [4.69, 9.17) is 0 Å². The van der Waals surface area contributed by atoms with E-state index in [2.05, 4.69) is 20.4 Å². The van der Waals surface area contributed by atoms with Crippen molar-refractivity contribution in [3.8, 4) is 11.4 Å². The molecule has 0 spiro atoms. The van der Waals surface area contributed by atoms with Crippen LogP contribution < -0.4 is 5.32 Å². The third-order valence-electron chi connectivity index (χ3n) is 4.61. The van der Waals surface area contributed by atoms with Crippen molar-refractivity contribution < 1.29 is 26.7 Å². The predicted octanol–water partition coefficient (Wildman–Crippen LogP) is 3.90. The molecule has 1 amide bonds. The minimum absolute atomic E-state index is 0.0656. The zero-order valence-electron chi connectivity index (χ0n) is 15.2. The molecule has 0 aliphatic carbocycles. The van der Waals surface area contributed by atoms with E-state index >= 15 is 0 Å². The molecule has 156 valence electrons. The van der Waals surface area contributed by atoms with Gasteiger partial charge in [-0.25, -0.2) is 18.4 Å². The quantitative estimate of drug-likeness (QED) is 0.649. The fourth-order valence-corrected chi connectivity index (χ4v) is 3.26. The van der Waals surface area contributed by atoms with Crippen molar-refractivity contribution in [3.05, 3.63) is 65.2 Å². The van der Waals surface area contributed by atoms with Gasteiger partial charge in [-0.1, -0.05) is 0 Å². The lowest BCUT2D eigenvalue weighted by atomic mass is 10.1. The number of carbonyl (C=O) groups is 1. The molecule has 3 aromatic rings. The number of aromatic nitrogens is 4. The highest BCUT2D eigenvalue weighted by molar-refractivity contribution is 5.94. The molecular formula is C19H14F5N5O. The number of alkyl halides is 3. The number of amides is 1. The zero-order chi connectivity index (χ0) is 21.5. The Labute approximate surface area is 166 Å². The predicted molar refractivity (Wildman–Crippen MR) is 94.1 cm³/mol. The van der Waals surface area contributed by atoms with Crippen molar-refractivity contribution in [2.24, 2.45) is 0 Å². The highest BCUT2D eigenvalue weighted by Crippen LogP contribution is 2.31. The van der Waals surface area contributed by atoms with Gasteiger partial charge in [0, 0.05) is 29.9 Å². The van der Waals surface area contributed by atoms with Gasteiger partial charge in [0.2, 0.25) is 0 Å². The van der Waals surface area contributed by atoms with E-state index in [1.807, 2.05) is 0 Å². The molecule has 1 N–H and O–H groups in total. The van der Waals surface area contributed by atoms with E-state index in [-0.39, 0.29) is 17.0 Å². The average Bonchev–Trinajstić information content (AvgIpc) is 3.12. The van der Waals surface area contributed by atoms with Crippen LogP contribution in [0.25, 0.3) is 11.4 Å². The maximum absolute atomic E-state index is 13.4. The lowest BCUT2D eigenvalue weighted by Crippen LogP contribution is -2.33. The van der Waals surface area contributed by atoms with Crippen molar-refractivity contribution in [3.63, 3.8) is 0 Å². The van der Waals surface area contributed by atoms with Crippen LogP contribution in [0.5, 0.6) is 0 Å². The fraction of sp³-hybridized carbons (Fsp3) is 0.263. The third-order valence-corrected chi connectivity index (χ3v) is 4.61. The summed E-state index contributed by atoms with van der Waals surface area (Å²) < 4.78 is 67.0. The summed E-state index contributed by atoms with van der Waals surface area (Å²) in [5.74, 6) is -2.04. The van der Waals surface area contributed by atoms with Crippen LogP contribution in [0, 0.1) is 11.6 Å². The van der Waals surface area contributed by atoms with Crippen LogP contribution in [-0.4, -0.2) is 25.7 Å². The van der Waals surface area contributed by atoms with Gasteiger partial charge in [-0.15, -0.1) is 0 Å². The molecule has 1 aromatic carbocycles. The van der Waals surface area contributed by atoms with Crippen LogP contribution in [-0.2, 0) is 12.7 Å². The maximum atomic E-state index is 13.4. The third kappa shape index (κ3) is 4.00. The summed E-state index contributed by atoms with van der Waals surface area (Å²) in [7, 11) is 0. The van der Waals surface area contributed by atoms with Crippen LogP contribution in [0.15, 0.2) is 36.5 Å². The topological polar surface area (TPSA) is 72.7 Å². The number of nitrogens with one attached hydrogen (secondary N) is 1. The number of hydrogen-bond donors (Lipinski definition) is 1. The van der Waals surface area contributed by atoms with Crippen LogP contribution in [0.2, 0.25) is 0 Å². The molecule has 11 heteroatoms. The standard InChI is InChI=1S/C19H14F5N5O/c20-12-6-11(7-13(21)9-12)18(30)26-14-2-1-5-29-17(14)27-16(28-29)10-3-4-25-15(8-10)19(22,23)24/h3-4,6-9,14H,1-2,5H2,(H,26,30)/t14-/m1/s1. The van der Waals surface area contributed by atoms with E-state index < -0.39 is 35.5 Å². The second-order valence-electron chi connectivity index (χ2n) is 6.77. The molecule has 1 atom stereocenters. The Bertz CT molecular complexity index is 1090. The van der Waals surface area contributed by atoms with Crippen LogP contribution >= 0.6 is 0 Å². The number of halogens is 5. The van der Waals surface area contributed by atoms with E-state index in [9.17, 15) is 26.7 Å². The first-order chi connectivity index (χ1) is 14.2. The smallest absolute Gasteiger partial charge is 0.342 e. The van der Waals surface area contributed by atoms with Crippen LogP contribution in [0.3, 0.4) is 0 Å². The Morgan fingerprint density at radius 2 is 1.87 bits per heavy atom. The van der Waals surface area contributed by atoms with Gasteiger partial charge >= 0.3 is 6.18 Å². The van der Waals surface area contributed by atoms with E-state index in [1.165, 1.54) is 10.7 Å². The summed E-state index contributed by atoms with van der Waals surface area (Å²) in [4.78, 5) is 20.0. The minimum Gasteiger partial charge on any atom is -0.342 e. The minimum atomic E-state index is -4.61. The lowest BCUT2D eigenvalue weighted by Gasteiger charge is -2.23. The molecule has 0 fully saturated rings. The molecule has 0 unspecified atom stereocenters. The number of hydrogen-bond acceptors (Lipinski definition) is 4. The van der Waals surface area contributed by atoms with E-state index in [1.54, 1.807) is 0 Å². The molecule has 0 saturated heterocycles. The second kappa shape index (κ2) is 7.47. The molecule has 0 saturated carbocycles. The maximum Gasteiger partial charge on any atom is 0.433 e. The summed E-state index contributed by atoms with van der Waals surface area (Å²) in [6.45, 7) is 0.473. The van der Waals surface area contributed by atoms with Gasteiger partial charge in [-0.2, -0.15) is 18.3 Å². The molecule has 1 aliphatic heterocycles. The van der Waals surface area contributed by atoms with Crippen molar-refractivity contribution in [2.75, 3.05) is 0 Å². The number of nitrogens with zero attached hydrogens (tertiary/aromatic N) is 4. The molecule has 4 rings (SSSR count). The fourth-order valence-electron chi connectivity index (χ4n) is 3.26. The average molecular weight is 423 g/mol. The molecular weight excluding hydrogens is 409 g/mol. The Balaban J connectivity index is 1.61. The summed E-state index contributed by atoms with van der Waals surface area (Å²) in [6, 6.07) is 4.08. The highest BCUT2D eigenvalue weighted by Gasteiger charge is 2.33. The molecule has 6 nitrogen and oxygen atoms in total. The summed E-state index contributed by atoms with van der Waals surface area (Å²) >= 11 is 0. The largest absolute Gasteiger partial charge is 0.433 e. The first-order valence-corrected chi connectivity index (χ1v) is 8.96. The first-order valence-electron chi connectivity index (χ1n) is 8.96. The number of fused-ring (bicyclic) bond motifs is 1. The summed E-state index contributed by atoms with van der Waals surface area (Å²) in [5.41, 5.74) is -1.12. The summed E-state index contributed by atoms with van der Waals surface area (Å²) in [5, 5.41) is 6.90. The Hall–Kier alpha value is -3.37. The number of rotatable bonds is 3. The van der Waals surface area contributed by atoms with Crippen LogP contribution in [0.1, 0.15) is 40.8 Å². The monoisotopic (exact) mass is 423 g/mol. The number of carbonyl (C=O) groups excluding carboxylic acids is 1. The van der Waals surface area contributed by atoms with Gasteiger partial charge in [0.25, 0.3) is 5.91 Å². The van der Waals surface area contributed by atoms with Gasteiger partial charge < -0.3 is 5.32 Å². The van der Waals surface area contributed by atoms with Gasteiger partial charge in [0.15, 0.2) is 5.82 Å². The SMILES string of the molecule is O=C(N[C@@H]1CCCn2nc(-c3ccnc(C(F)(F)F)c3)nc21)c1cc(F)cc(F)c1. The highest BCUT2D eigenvalue weighted by atomic mass is 19.4. The molecule has 3 heterocycles. The van der Waals surface area contributed by atoms with Crippen molar-refractivity contribution in [1.82, 2.24) is 25.1 Å². The Kier molecular flexibility index (Phi) is 4.96. The Morgan fingerprint density at radius 1 is 1.13 bits per heavy atom. The lowest BCUT2D eigenvalue weighted by molar-refractivity contribution is -0.141. The zero-order valence-corrected chi connectivity index (χ0v) is 15.2. The molecule has 1 aliphatic rings. The first kappa shape index (κ1) is 19.9. The number of aryl methyl sites for hydroxylation is 1. The molecule has 2 aromatic heterocycles. The van der Waals surface area contributed by atoms with Gasteiger partial charge in [-0.05, 0) is 37.1 Å².